The van der Waals surface area contributed by atoms with Crippen molar-refractivity contribution in [1.29, 1.82) is 0 Å². The summed E-state index contributed by atoms with van der Waals surface area (Å²) in [4.78, 5) is 39.2. The second-order valence-electron chi connectivity index (χ2n) is 8.50. The number of rotatable bonds is 8. The number of hydrogen-bond acceptors (Lipinski definition) is 5. The molecule has 0 aliphatic carbocycles. The summed E-state index contributed by atoms with van der Waals surface area (Å²) >= 11 is 0. The van der Waals surface area contributed by atoms with Crippen molar-refractivity contribution in [3.05, 3.63) is 90.0 Å². The van der Waals surface area contributed by atoms with E-state index in [2.05, 4.69) is 10.6 Å². The standard InChI is InChI=1S/C28H29N3O5/c1-35-25-9-5-8-23(18-25)29-26(32)19-36-24-12-10-21(11-13-24)28(34)31-16-14-22(15-17-31)30-27(33)20-6-3-2-4-7-20/h2-13,18,22H,14-17,19H2,1H3,(H,29,32)(H,30,33). The van der Waals surface area contributed by atoms with Gasteiger partial charge in [-0.25, -0.2) is 0 Å². The molecule has 36 heavy (non-hydrogen) atoms. The van der Waals surface area contributed by atoms with Gasteiger partial charge in [-0.05, 0) is 61.4 Å². The van der Waals surface area contributed by atoms with Crippen molar-refractivity contribution in [2.45, 2.75) is 18.9 Å². The molecule has 0 unspecified atom stereocenters. The highest BCUT2D eigenvalue weighted by molar-refractivity contribution is 5.95. The van der Waals surface area contributed by atoms with Crippen LogP contribution in [-0.4, -0.2) is 55.5 Å². The van der Waals surface area contributed by atoms with Gasteiger partial charge in [0.2, 0.25) is 0 Å². The summed E-state index contributed by atoms with van der Waals surface area (Å²) in [6, 6.07) is 23.0. The number of nitrogens with one attached hydrogen (secondary N) is 2. The molecule has 3 amide bonds. The largest absolute Gasteiger partial charge is 0.497 e. The quantitative estimate of drug-likeness (QED) is 0.505. The minimum absolute atomic E-state index is 0.0423. The van der Waals surface area contributed by atoms with Crippen LogP contribution in [0.1, 0.15) is 33.6 Å². The summed E-state index contributed by atoms with van der Waals surface area (Å²) in [6.45, 7) is 0.981. The van der Waals surface area contributed by atoms with E-state index in [-0.39, 0.29) is 30.4 Å². The molecule has 186 valence electrons. The summed E-state index contributed by atoms with van der Waals surface area (Å²) in [6.07, 6.45) is 1.40. The van der Waals surface area contributed by atoms with E-state index in [0.717, 1.165) is 0 Å². The zero-order valence-corrected chi connectivity index (χ0v) is 20.1. The Labute approximate surface area is 210 Å². The number of ether oxygens (including phenoxy) is 2. The lowest BCUT2D eigenvalue weighted by molar-refractivity contribution is -0.118. The SMILES string of the molecule is COc1cccc(NC(=O)COc2ccc(C(=O)N3CCC(NC(=O)c4ccccc4)CC3)cc2)c1. The van der Waals surface area contributed by atoms with Gasteiger partial charge in [0.25, 0.3) is 17.7 Å². The Morgan fingerprint density at radius 3 is 2.28 bits per heavy atom. The van der Waals surface area contributed by atoms with Crippen LogP contribution < -0.4 is 20.1 Å². The predicted molar refractivity (Wildman–Crippen MR) is 136 cm³/mol. The molecule has 8 nitrogen and oxygen atoms in total. The van der Waals surface area contributed by atoms with Gasteiger partial charge in [0.05, 0.1) is 7.11 Å². The first-order valence-electron chi connectivity index (χ1n) is 11.8. The molecule has 1 aliphatic heterocycles. The molecule has 0 radical (unpaired) electrons. The fourth-order valence-corrected chi connectivity index (χ4v) is 4.01. The van der Waals surface area contributed by atoms with Crippen LogP contribution in [0.3, 0.4) is 0 Å². The highest BCUT2D eigenvalue weighted by Gasteiger charge is 2.25. The average molecular weight is 488 g/mol. The van der Waals surface area contributed by atoms with Crippen LogP contribution in [0, 0.1) is 0 Å². The maximum atomic E-state index is 12.9. The molecular weight excluding hydrogens is 458 g/mol. The minimum Gasteiger partial charge on any atom is -0.497 e. The molecule has 4 rings (SSSR count). The van der Waals surface area contributed by atoms with Crippen molar-refractivity contribution in [2.75, 3.05) is 32.1 Å². The highest BCUT2D eigenvalue weighted by Crippen LogP contribution is 2.19. The van der Waals surface area contributed by atoms with E-state index < -0.39 is 0 Å². The third-order valence-corrected chi connectivity index (χ3v) is 5.98. The maximum Gasteiger partial charge on any atom is 0.262 e. The highest BCUT2D eigenvalue weighted by atomic mass is 16.5. The monoisotopic (exact) mass is 487 g/mol. The van der Waals surface area contributed by atoms with Gasteiger partial charge in [0.1, 0.15) is 11.5 Å². The number of carbonyl (C=O) groups is 3. The Morgan fingerprint density at radius 1 is 0.861 bits per heavy atom. The second-order valence-corrected chi connectivity index (χ2v) is 8.50. The minimum atomic E-state index is -0.300. The lowest BCUT2D eigenvalue weighted by Gasteiger charge is -2.32. The van der Waals surface area contributed by atoms with Gasteiger partial charge in [-0.15, -0.1) is 0 Å². The molecule has 0 aromatic heterocycles. The van der Waals surface area contributed by atoms with Gasteiger partial charge >= 0.3 is 0 Å². The van der Waals surface area contributed by atoms with Gasteiger partial charge < -0.3 is 25.0 Å². The van der Waals surface area contributed by atoms with E-state index in [1.807, 2.05) is 18.2 Å². The van der Waals surface area contributed by atoms with E-state index in [4.69, 9.17) is 9.47 Å². The molecule has 0 spiro atoms. The first-order chi connectivity index (χ1) is 17.5. The van der Waals surface area contributed by atoms with E-state index in [9.17, 15) is 14.4 Å². The summed E-state index contributed by atoms with van der Waals surface area (Å²) < 4.78 is 10.7. The van der Waals surface area contributed by atoms with Crippen LogP contribution in [0.4, 0.5) is 5.69 Å². The summed E-state index contributed by atoms with van der Waals surface area (Å²) in [5, 5.41) is 5.81. The normalized spacial score (nSPS) is 13.5. The fraction of sp³-hybridized carbons (Fsp3) is 0.250. The van der Waals surface area contributed by atoms with Crippen molar-refractivity contribution in [2.24, 2.45) is 0 Å². The van der Waals surface area contributed by atoms with Gasteiger partial charge in [-0.1, -0.05) is 24.3 Å². The van der Waals surface area contributed by atoms with E-state index >= 15 is 0 Å². The molecule has 3 aromatic rings. The molecule has 1 heterocycles. The number of carbonyl (C=O) groups excluding carboxylic acids is 3. The van der Waals surface area contributed by atoms with Crippen LogP contribution in [-0.2, 0) is 4.79 Å². The maximum absolute atomic E-state index is 12.9. The Bertz CT molecular complexity index is 1190. The predicted octanol–water partition coefficient (Wildman–Crippen LogP) is 3.75. The molecule has 2 N–H and O–H groups in total. The summed E-state index contributed by atoms with van der Waals surface area (Å²) in [5.41, 5.74) is 1.80. The number of likely N-dealkylation sites (tertiary alicyclic amines) is 1. The number of methoxy groups -OCH3 is 1. The lowest BCUT2D eigenvalue weighted by Crippen LogP contribution is -2.46. The second kappa shape index (κ2) is 11.9. The average Bonchev–Trinajstić information content (AvgIpc) is 2.93. The van der Waals surface area contributed by atoms with E-state index in [0.29, 0.717) is 54.2 Å². The van der Waals surface area contributed by atoms with Crippen molar-refractivity contribution in [3.63, 3.8) is 0 Å². The zero-order chi connectivity index (χ0) is 25.3. The van der Waals surface area contributed by atoms with Crippen molar-refractivity contribution in [3.8, 4) is 11.5 Å². The molecule has 0 bridgehead atoms. The smallest absolute Gasteiger partial charge is 0.262 e. The Balaban J connectivity index is 1.22. The Hall–Kier alpha value is -4.33. The van der Waals surface area contributed by atoms with Crippen LogP contribution in [0.25, 0.3) is 0 Å². The number of piperidine rings is 1. The summed E-state index contributed by atoms with van der Waals surface area (Å²) in [7, 11) is 1.56. The van der Waals surface area contributed by atoms with Crippen LogP contribution in [0.2, 0.25) is 0 Å². The first-order valence-corrected chi connectivity index (χ1v) is 11.8. The Kier molecular flexibility index (Phi) is 8.18. The van der Waals surface area contributed by atoms with E-state index in [1.54, 1.807) is 72.7 Å². The molecule has 0 atom stereocenters. The molecule has 8 heteroatoms. The fourth-order valence-electron chi connectivity index (χ4n) is 4.01. The van der Waals surface area contributed by atoms with Gasteiger partial charge in [-0.2, -0.15) is 0 Å². The zero-order valence-electron chi connectivity index (χ0n) is 20.1. The molecule has 3 aromatic carbocycles. The number of amides is 3. The van der Waals surface area contributed by atoms with Crippen LogP contribution in [0.15, 0.2) is 78.9 Å². The third-order valence-electron chi connectivity index (χ3n) is 5.98. The van der Waals surface area contributed by atoms with Gasteiger partial charge in [0, 0.05) is 42.0 Å². The number of nitrogens with zero attached hydrogens (tertiary/aromatic N) is 1. The molecular formula is C28H29N3O5. The topological polar surface area (TPSA) is 97.0 Å². The lowest BCUT2D eigenvalue weighted by atomic mass is 10.0. The molecule has 1 saturated heterocycles. The first kappa shape index (κ1) is 24.8. The van der Waals surface area contributed by atoms with Crippen LogP contribution >= 0.6 is 0 Å². The van der Waals surface area contributed by atoms with Gasteiger partial charge in [-0.3, -0.25) is 14.4 Å². The van der Waals surface area contributed by atoms with Crippen LogP contribution in [0.5, 0.6) is 11.5 Å². The van der Waals surface area contributed by atoms with Gasteiger partial charge in [0.15, 0.2) is 6.61 Å². The van der Waals surface area contributed by atoms with Crippen molar-refractivity contribution < 1.29 is 23.9 Å². The number of benzene rings is 3. The number of anilines is 1. The molecule has 0 saturated carbocycles. The Morgan fingerprint density at radius 2 is 1.58 bits per heavy atom. The van der Waals surface area contributed by atoms with Crippen molar-refractivity contribution in [1.82, 2.24) is 10.2 Å². The molecule has 1 fully saturated rings. The number of hydrogen-bond donors (Lipinski definition) is 2. The summed E-state index contributed by atoms with van der Waals surface area (Å²) in [5.74, 6) is 0.689. The molecule has 1 aliphatic rings. The third kappa shape index (κ3) is 6.63. The van der Waals surface area contributed by atoms with E-state index in [1.165, 1.54) is 0 Å². The van der Waals surface area contributed by atoms with Crippen molar-refractivity contribution >= 4 is 23.4 Å².